The predicted molar refractivity (Wildman–Crippen MR) is 97.4 cm³/mol. The minimum atomic E-state index is -0.768. The summed E-state index contributed by atoms with van der Waals surface area (Å²) in [6.45, 7) is 1.61. The van der Waals surface area contributed by atoms with Crippen molar-refractivity contribution in [2.75, 3.05) is 17.7 Å². The van der Waals surface area contributed by atoms with Gasteiger partial charge in [0.1, 0.15) is 34.7 Å². The van der Waals surface area contributed by atoms with Gasteiger partial charge in [0, 0.05) is 17.8 Å². The molecular formula is C19H16F2N4O2. The summed E-state index contributed by atoms with van der Waals surface area (Å²) >= 11 is 0. The van der Waals surface area contributed by atoms with Gasteiger partial charge in [-0.3, -0.25) is 4.79 Å². The molecule has 3 rings (SSSR count). The van der Waals surface area contributed by atoms with E-state index in [1.54, 1.807) is 38.3 Å². The van der Waals surface area contributed by atoms with Crippen LogP contribution in [0.5, 0.6) is 5.75 Å². The first-order chi connectivity index (χ1) is 12.9. The van der Waals surface area contributed by atoms with Gasteiger partial charge in [0.2, 0.25) is 0 Å². The van der Waals surface area contributed by atoms with Gasteiger partial charge < -0.3 is 15.4 Å². The van der Waals surface area contributed by atoms with Gasteiger partial charge in [-0.25, -0.2) is 18.7 Å². The van der Waals surface area contributed by atoms with Gasteiger partial charge in [-0.1, -0.05) is 0 Å². The Balaban J connectivity index is 1.80. The number of carbonyl (C=O) groups is 1. The van der Waals surface area contributed by atoms with Crippen molar-refractivity contribution >= 4 is 23.1 Å². The topological polar surface area (TPSA) is 76.1 Å². The highest BCUT2D eigenvalue weighted by Crippen LogP contribution is 2.21. The number of hydrogen-bond acceptors (Lipinski definition) is 5. The first kappa shape index (κ1) is 18.2. The molecule has 8 heteroatoms. The highest BCUT2D eigenvalue weighted by Gasteiger charge is 2.12. The van der Waals surface area contributed by atoms with Crippen LogP contribution in [0.2, 0.25) is 0 Å². The Labute approximate surface area is 154 Å². The third-order valence-corrected chi connectivity index (χ3v) is 3.61. The van der Waals surface area contributed by atoms with Crippen LogP contribution in [0.4, 0.5) is 26.0 Å². The summed E-state index contributed by atoms with van der Waals surface area (Å²) in [7, 11) is 1.55. The maximum atomic E-state index is 13.8. The number of halogens is 2. The fourth-order valence-electron chi connectivity index (χ4n) is 2.35. The first-order valence-electron chi connectivity index (χ1n) is 7.98. The molecule has 0 radical (unpaired) electrons. The van der Waals surface area contributed by atoms with Crippen LogP contribution >= 0.6 is 0 Å². The number of rotatable bonds is 5. The van der Waals surface area contributed by atoms with E-state index in [0.717, 1.165) is 12.1 Å². The molecule has 0 saturated heterocycles. The smallest absolute Gasteiger partial charge is 0.274 e. The van der Waals surface area contributed by atoms with Crippen LogP contribution in [-0.2, 0) is 0 Å². The number of methoxy groups -OCH3 is 1. The zero-order valence-corrected chi connectivity index (χ0v) is 14.6. The number of ether oxygens (including phenoxy) is 1. The van der Waals surface area contributed by atoms with Gasteiger partial charge in [-0.15, -0.1) is 0 Å². The molecule has 2 aromatic carbocycles. The van der Waals surface area contributed by atoms with Crippen molar-refractivity contribution in [1.29, 1.82) is 0 Å². The van der Waals surface area contributed by atoms with Gasteiger partial charge >= 0.3 is 0 Å². The van der Waals surface area contributed by atoms with Gasteiger partial charge in [-0.2, -0.15) is 0 Å². The number of aryl methyl sites for hydroxylation is 1. The Hall–Kier alpha value is -3.55. The second-order valence-electron chi connectivity index (χ2n) is 5.62. The van der Waals surface area contributed by atoms with E-state index in [1.165, 1.54) is 12.1 Å². The number of nitrogens with zero attached hydrogens (tertiary/aromatic N) is 2. The summed E-state index contributed by atoms with van der Waals surface area (Å²) in [4.78, 5) is 20.7. The van der Waals surface area contributed by atoms with E-state index < -0.39 is 17.5 Å². The number of hydrogen-bond donors (Lipinski definition) is 2. The van der Waals surface area contributed by atoms with Crippen molar-refractivity contribution in [3.63, 3.8) is 0 Å². The van der Waals surface area contributed by atoms with E-state index in [-0.39, 0.29) is 17.2 Å². The number of anilines is 3. The summed E-state index contributed by atoms with van der Waals surface area (Å²) in [6, 6.07) is 11.3. The molecule has 0 aliphatic heterocycles. The molecule has 6 nitrogen and oxygen atoms in total. The van der Waals surface area contributed by atoms with Crippen molar-refractivity contribution in [3.05, 3.63) is 71.7 Å². The van der Waals surface area contributed by atoms with Crippen LogP contribution in [0.25, 0.3) is 0 Å². The van der Waals surface area contributed by atoms with Crippen LogP contribution in [-0.4, -0.2) is 23.0 Å². The molecule has 0 fully saturated rings. The molecule has 0 unspecified atom stereocenters. The lowest BCUT2D eigenvalue weighted by atomic mass is 10.2. The van der Waals surface area contributed by atoms with Crippen LogP contribution in [0, 0.1) is 18.6 Å². The quantitative estimate of drug-likeness (QED) is 0.708. The van der Waals surface area contributed by atoms with Gasteiger partial charge in [0.15, 0.2) is 0 Å². The van der Waals surface area contributed by atoms with Crippen molar-refractivity contribution in [3.8, 4) is 5.75 Å². The van der Waals surface area contributed by atoms with E-state index in [2.05, 4.69) is 20.6 Å². The minimum absolute atomic E-state index is 0.0380. The second-order valence-corrected chi connectivity index (χ2v) is 5.62. The molecule has 0 bridgehead atoms. The normalized spacial score (nSPS) is 10.4. The maximum absolute atomic E-state index is 13.8. The zero-order chi connectivity index (χ0) is 19.4. The molecule has 2 N–H and O–H groups in total. The molecule has 3 aromatic rings. The molecule has 1 amide bonds. The summed E-state index contributed by atoms with van der Waals surface area (Å²) in [5.41, 5.74) is 0.704. The molecule has 1 heterocycles. The summed E-state index contributed by atoms with van der Waals surface area (Å²) in [5.74, 6) is -0.700. The highest BCUT2D eigenvalue weighted by atomic mass is 19.1. The number of nitrogens with one attached hydrogen (secondary N) is 2. The van der Waals surface area contributed by atoms with Crippen molar-refractivity contribution in [2.24, 2.45) is 0 Å². The van der Waals surface area contributed by atoms with Gasteiger partial charge in [0.25, 0.3) is 5.91 Å². The number of aromatic nitrogens is 2. The molecule has 0 spiro atoms. The van der Waals surface area contributed by atoms with E-state index in [0.29, 0.717) is 17.3 Å². The Morgan fingerprint density at radius 3 is 2.44 bits per heavy atom. The molecule has 0 atom stereocenters. The molecule has 0 saturated carbocycles. The Bertz CT molecular complexity index is 978. The largest absolute Gasteiger partial charge is 0.497 e. The Morgan fingerprint density at radius 2 is 1.78 bits per heavy atom. The fraction of sp³-hybridized carbons (Fsp3) is 0.105. The molecule has 27 heavy (non-hydrogen) atoms. The number of benzene rings is 2. The van der Waals surface area contributed by atoms with Crippen LogP contribution in [0.1, 0.15) is 16.3 Å². The third-order valence-electron chi connectivity index (χ3n) is 3.61. The zero-order valence-electron chi connectivity index (χ0n) is 14.6. The lowest BCUT2D eigenvalue weighted by Gasteiger charge is -2.10. The molecule has 1 aromatic heterocycles. The van der Waals surface area contributed by atoms with Crippen LogP contribution in [0.15, 0.2) is 48.5 Å². The second kappa shape index (κ2) is 7.77. The maximum Gasteiger partial charge on any atom is 0.274 e. The molecular weight excluding hydrogens is 354 g/mol. The van der Waals surface area contributed by atoms with Crippen molar-refractivity contribution in [1.82, 2.24) is 9.97 Å². The third kappa shape index (κ3) is 4.55. The summed E-state index contributed by atoms with van der Waals surface area (Å²) in [5, 5.41) is 5.44. The van der Waals surface area contributed by atoms with E-state index in [1.807, 2.05) is 0 Å². The highest BCUT2D eigenvalue weighted by molar-refractivity contribution is 6.03. The average molecular weight is 370 g/mol. The standard InChI is InChI=1S/C19H16F2N4O2/c1-11-22-17(19(26)24-13-4-6-14(27-2)7-5-13)10-18(23-11)25-16-8-3-12(20)9-15(16)21/h3-10H,1-2H3,(H,24,26)(H,22,23,25). The van der Waals surface area contributed by atoms with Gasteiger partial charge in [0.05, 0.1) is 12.8 Å². The van der Waals surface area contributed by atoms with Crippen LogP contribution < -0.4 is 15.4 Å². The summed E-state index contributed by atoms with van der Waals surface area (Å²) in [6.07, 6.45) is 0. The monoisotopic (exact) mass is 370 g/mol. The Morgan fingerprint density at radius 1 is 1.04 bits per heavy atom. The lowest BCUT2D eigenvalue weighted by Crippen LogP contribution is -2.15. The van der Waals surface area contributed by atoms with Crippen molar-refractivity contribution < 1.29 is 18.3 Å². The van der Waals surface area contributed by atoms with E-state index in [9.17, 15) is 13.6 Å². The van der Waals surface area contributed by atoms with Gasteiger partial charge in [-0.05, 0) is 43.3 Å². The minimum Gasteiger partial charge on any atom is -0.497 e. The average Bonchev–Trinajstić information content (AvgIpc) is 2.64. The summed E-state index contributed by atoms with van der Waals surface area (Å²) < 4.78 is 31.9. The number of amides is 1. The number of carbonyl (C=O) groups excluding carboxylic acids is 1. The van der Waals surface area contributed by atoms with E-state index in [4.69, 9.17) is 4.74 Å². The lowest BCUT2D eigenvalue weighted by molar-refractivity contribution is 0.102. The Kier molecular flexibility index (Phi) is 5.25. The van der Waals surface area contributed by atoms with Crippen molar-refractivity contribution in [2.45, 2.75) is 6.92 Å². The fourth-order valence-corrected chi connectivity index (χ4v) is 2.35. The molecule has 138 valence electrons. The van der Waals surface area contributed by atoms with E-state index >= 15 is 0 Å². The SMILES string of the molecule is COc1ccc(NC(=O)c2cc(Nc3ccc(F)cc3F)nc(C)n2)cc1. The molecule has 0 aliphatic carbocycles. The predicted octanol–water partition coefficient (Wildman–Crippen LogP) is 4.07. The van der Waals surface area contributed by atoms with Crippen LogP contribution in [0.3, 0.4) is 0 Å². The first-order valence-corrected chi connectivity index (χ1v) is 7.98. The molecule has 0 aliphatic rings.